The highest BCUT2D eigenvalue weighted by Gasteiger charge is 2.23. The maximum atomic E-state index is 11.3. The van der Waals surface area contributed by atoms with Crippen molar-refractivity contribution in [3.63, 3.8) is 0 Å². The predicted octanol–water partition coefficient (Wildman–Crippen LogP) is 5.03. The second-order valence-electron chi connectivity index (χ2n) is 7.33. The molecule has 0 bridgehead atoms. The summed E-state index contributed by atoms with van der Waals surface area (Å²) in [5, 5.41) is 10.3. The summed E-state index contributed by atoms with van der Waals surface area (Å²) < 4.78 is 11.8. The molecule has 0 radical (unpaired) electrons. The number of fused-ring (bicyclic) bond motifs is 1. The standard InChI is InChI=1S/C23H23NO4S/c1-14-3-5-16(6-4-14)22-24-15(2)21(29-22)13-28-19-8-7-17-11-18(23(25)26)9-10-27-20(17)12-19/h3-8,12,18H,9-11,13H2,1-2H3,(H,25,26). The topological polar surface area (TPSA) is 68.7 Å². The highest BCUT2D eigenvalue weighted by atomic mass is 32.1. The number of carboxylic acids is 1. The van der Waals surface area contributed by atoms with Crippen LogP contribution in [-0.4, -0.2) is 22.7 Å². The molecule has 2 heterocycles. The van der Waals surface area contributed by atoms with Gasteiger partial charge in [0.25, 0.3) is 0 Å². The Kier molecular flexibility index (Phi) is 5.53. The summed E-state index contributed by atoms with van der Waals surface area (Å²) in [6, 6.07) is 14.0. The van der Waals surface area contributed by atoms with Crippen molar-refractivity contribution >= 4 is 17.3 Å². The van der Waals surface area contributed by atoms with Crippen molar-refractivity contribution in [1.29, 1.82) is 0 Å². The Labute approximate surface area is 174 Å². The van der Waals surface area contributed by atoms with Crippen molar-refractivity contribution in [1.82, 2.24) is 4.98 Å². The summed E-state index contributed by atoms with van der Waals surface area (Å²) in [7, 11) is 0. The molecular weight excluding hydrogens is 386 g/mol. The molecule has 0 spiro atoms. The van der Waals surface area contributed by atoms with Crippen LogP contribution in [0.25, 0.3) is 10.6 Å². The van der Waals surface area contributed by atoms with Crippen LogP contribution in [0.15, 0.2) is 42.5 Å². The van der Waals surface area contributed by atoms with E-state index < -0.39 is 11.9 Å². The van der Waals surface area contributed by atoms with Gasteiger partial charge in [0.15, 0.2) is 0 Å². The molecule has 0 aliphatic carbocycles. The van der Waals surface area contributed by atoms with Gasteiger partial charge in [0.1, 0.15) is 23.1 Å². The van der Waals surface area contributed by atoms with Crippen LogP contribution in [-0.2, 0) is 17.8 Å². The van der Waals surface area contributed by atoms with Gasteiger partial charge in [-0.05, 0) is 38.3 Å². The second kappa shape index (κ2) is 8.25. The Hall–Kier alpha value is -2.86. The number of benzene rings is 2. The van der Waals surface area contributed by atoms with E-state index in [-0.39, 0.29) is 0 Å². The monoisotopic (exact) mass is 409 g/mol. The van der Waals surface area contributed by atoms with Gasteiger partial charge in [0.05, 0.1) is 23.1 Å². The number of thiazole rings is 1. The summed E-state index contributed by atoms with van der Waals surface area (Å²) in [6.07, 6.45) is 1.00. The lowest BCUT2D eigenvalue weighted by Crippen LogP contribution is -2.16. The minimum Gasteiger partial charge on any atom is -0.493 e. The molecule has 0 amide bonds. The molecule has 0 saturated carbocycles. The third kappa shape index (κ3) is 4.43. The summed E-state index contributed by atoms with van der Waals surface area (Å²) in [4.78, 5) is 17.1. The highest BCUT2D eigenvalue weighted by molar-refractivity contribution is 7.15. The smallest absolute Gasteiger partial charge is 0.306 e. The maximum absolute atomic E-state index is 11.3. The lowest BCUT2D eigenvalue weighted by atomic mass is 9.97. The summed E-state index contributed by atoms with van der Waals surface area (Å²) >= 11 is 1.64. The zero-order chi connectivity index (χ0) is 20.4. The van der Waals surface area contributed by atoms with Gasteiger partial charge >= 0.3 is 5.97 Å². The molecule has 1 aromatic heterocycles. The van der Waals surface area contributed by atoms with Crippen LogP contribution in [0.3, 0.4) is 0 Å². The Morgan fingerprint density at radius 1 is 1.24 bits per heavy atom. The van der Waals surface area contributed by atoms with Crippen LogP contribution in [0.4, 0.5) is 0 Å². The minimum absolute atomic E-state index is 0.400. The number of carbonyl (C=O) groups is 1. The van der Waals surface area contributed by atoms with Gasteiger partial charge in [-0.1, -0.05) is 35.9 Å². The van der Waals surface area contributed by atoms with Gasteiger partial charge in [0.2, 0.25) is 0 Å². The molecule has 1 aliphatic heterocycles. The SMILES string of the molecule is Cc1ccc(-c2nc(C)c(COc3ccc4c(c3)OCCC(C(=O)O)C4)s2)cc1. The quantitative estimate of drug-likeness (QED) is 0.640. The number of aryl methyl sites for hydroxylation is 2. The molecule has 29 heavy (non-hydrogen) atoms. The number of aromatic nitrogens is 1. The molecule has 150 valence electrons. The zero-order valence-corrected chi connectivity index (χ0v) is 17.3. The van der Waals surface area contributed by atoms with Crippen molar-refractivity contribution in [2.75, 3.05) is 6.61 Å². The van der Waals surface area contributed by atoms with E-state index in [1.54, 1.807) is 11.3 Å². The first-order chi connectivity index (χ1) is 14.0. The van der Waals surface area contributed by atoms with E-state index in [1.807, 2.05) is 25.1 Å². The molecule has 2 aromatic carbocycles. The number of rotatable bonds is 5. The van der Waals surface area contributed by atoms with E-state index >= 15 is 0 Å². The van der Waals surface area contributed by atoms with E-state index in [9.17, 15) is 9.90 Å². The normalized spacial score (nSPS) is 15.9. The molecule has 3 aromatic rings. The van der Waals surface area contributed by atoms with Gasteiger partial charge in [0, 0.05) is 11.6 Å². The van der Waals surface area contributed by atoms with Crippen molar-refractivity contribution < 1.29 is 19.4 Å². The van der Waals surface area contributed by atoms with E-state index in [0.717, 1.165) is 26.7 Å². The van der Waals surface area contributed by atoms with Crippen molar-refractivity contribution in [3.8, 4) is 22.1 Å². The van der Waals surface area contributed by atoms with Crippen LogP contribution >= 0.6 is 11.3 Å². The number of hydrogen-bond donors (Lipinski definition) is 1. The van der Waals surface area contributed by atoms with Crippen molar-refractivity contribution in [2.24, 2.45) is 5.92 Å². The van der Waals surface area contributed by atoms with E-state index in [0.29, 0.717) is 37.6 Å². The fourth-order valence-corrected chi connectivity index (χ4v) is 4.33. The zero-order valence-electron chi connectivity index (χ0n) is 16.5. The molecule has 0 fully saturated rings. The molecule has 4 rings (SSSR count). The number of nitrogens with zero attached hydrogens (tertiary/aromatic N) is 1. The third-order valence-corrected chi connectivity index (χ3v) is 6.32. The first-order valence-corrected chi connectivity index (χ1v) is 10.5. The first-order valence-electron chi connectivity index (χ1n) is 9.64. The summed E-state index contributed by atoms with van der Waals surface area (Å²) in [5.74, 6) is 0.254. The van der Waals surface area contributed by atoms with Crippen LogP contribution in [0, 0.1) is 19.8 Å². The summed E-state index contributed by atoms with van der Waals surface area (Å²) in [5.41, 5.74) is 4.23. The highest BCUT2D eigenvalue weighted by Crippen LogP contribution is 2.32. The third-order valence-electron chi connectivity index (χ3n) is 5.14. The molecule has 1 aliphatic rings. The minimum atomic E-state index is -0.771. The first kappa shape index (κ1) is 19.5. The summed E-state index contributed by atoms with van der Waals surface area (Å²) in [6.45, 7) is 4.91. The number of aliphatic carboxylic acids is 1. The van der Waals surface area contributed by atoms with Gasteiger partial charge < -0.3 is 14.6 Å². The average molecular weight is 410 g/mol. The molecule has 1 unspecified atom stereocenters. The largest absolute Gasteiger partial charge is 0.493 e. The van der Waals surface area contributed by atoms with Crippen LogP contribution in [0.1, 0.15) is 28.1 Å². The Morgan fingerprint density at radius 3 is 2.79 bits per heavy atom. The second-order valence-corrected chi connectivity index (χ2v) is 8.41. The van der Waals surface area contributed by atoms with E-state index in [4.69, 9.17) is 9.47 Å². The molecular formula is C23H23NO4S. The van der Waals surface area contributed by atoms with Crippen molar-refractivity contribution in [2.45, 2.75) is 33.3 Å². The van der Waals surface area contributed by atoms with Gasteiger partial charge in [-0.25, -0.2) is 4.98 Å². The van der Waals surface area contributed by atoms with Gasteiger partial charge in [-0.3, -0.25) is 4.79 Å². The fraction of sp³-hybridized carbons (Fsp3) is 0.304. The number of ether oxygens (including phenoxy) is 2. The number of hydrogen-bond acceptors (Lipinski definition) is 5. The molecule has 0 saturated heterocycles. The predicted molar refractivity (Wildman–Crippen MR) is 113 cm³/mol. The Morgan fingerprint density at radius 2 is 2.03 bits per heavy atom. The lowest BCUT2D eigenvalue weighted by molar-refractivity contribution is -0.142. The molecule has 5 nitrogen and oxygen atoms in total. The van der Waals surface area contributed by atoms with Crippen LogP contribution in [0.5, 0.6) is 11.5 Å². The van der Waals surface area contributed by atoms with Gasteiger partial charge in [-0.2, -0.15) is 0 Å². The van der Waals surface area contributed by atoms with Crippen molar-refractivity contribution in [3.05, 3.63) is 64.2 Å². The maximum Gasteiger partial charge on any atom is 0.306 e. The Balaban J connectivity index is 1.46. The van der Waals surface area contributed by atoms with E-state index in [1.165, 1.54) is 5.56 Å². The van der Waals surface area contributed by atoms with Crippen LogP contribution in [0.2, 0.25) is 0 Å². The average Bonchev–Trinajstić information content (AvgIpc) is 2.94. The molecule has 6 heteroatoms. The number of carboxylic acid groups (broad SMARTS) is 1. The lowest BCUT2D eigenvalue weighted by Gasteiger charge is -2.11. The van der Waals surface area contributed by atoms with Gasteiger partial charge in [-0.15, -0.1) is 11.3 Å². The fourth-order valence-electron chi connectivity index (χ4n) is 3.35. The van der Waals surface area contributed by atoms with Crippen LogP contribution < -0.4 is 9.47 Å². The molecule has 1 atom stereocenters. The molecule has 1 N–H and O–H groups in total. The van der Waals surface area contributed by atoms with E-state index in [2.05, 4.69) is 36.2 Å². The Bertz CT molecular complexity index is 1030.